The van der Waals surface area contributed by atoms with Crippen LogP contribution >= 0.6 is 0 Å². The molecule has 0 atom stereocenters. The zero-order valence-electron chi connectivity index (χ0n) is 17.1. The summed E-state index contributed by atoms with van der Waals surface area (Å²) >= 11 is 0. The molecule has 2 aromatic carbocycles. The van der Waals surface area contributed by atoms with E-state index in [0.717, 1.165) is 40.9 Å². The number of esters is 1. The summed E-state index contributed by atoms with van der Waals surface area (Å²) in [5.41, 5.74) is 3.97. The monoisotopic (exact) mass is 414 g/mol. The van der Waals surface area contributed by atoms with E-state index < -0.39 is 0 Å². The summed E-state index contributed by atoms with van der Waals surface area (Å²) in [5.74, 6) is 1.72. The van der Waals surface area contributed by atoms with E-state index in [9.17, 15) is 4.79 Å². The summed E-state index contributed by atoms with van der Waals surface area (Å²) in [6.07, 6.45) is 2.55. The molecule has 5 rings (SSSR count). The topological polar surface area (TPSA) is 77.8 Å². The van der Waals surface area contributed by atoms with Gasteiger partial charge in [0.1, 0.15) is 5.75 Å². The van der Waals surface area contributed by atoms with E-state index in [2.05, 4.69) is 15.4 Å². The Morgan fingerprint density at radius 3 is 2.55 bits per heavy atom. The van der Waals surface area contributed by atoms with Gasteiger partial charge in [-0.3, -0.25) is 0 Å². The SMILES string of the molecule is COC(=O)c1ccc(Nc2nc3cccc(-c4ccc(OCC5CC5)cc4)n3n2)cc1. The minimum atomic E-state index is -0.369. The Morgan fingerprint density at radius 2 is 1.84 bits per heavy atom. The van der Waals surface area contributed by atoms with Crippen LogP contribution in [0.2, 0.25) is 0 Å². The van der Waals surface area contributed by atoms with Gasteiger partial charge in [0.2, 0.25) is 5.95 Å². The fraction of sp³-hybridized carbons (Fsp3) is 0.208. The number of carbonyl (C=O) groups is 1. The lowest BCUT2D eigenvalue weighted by molar-refractivity contribution is 0.0601. The molecule has 2 heterocycles. The molecule has 156 valence electrons. The van der Waals surface area contributed by atoms with Gasteiger partial charge in [0.25, 0.3) is 0 Å². The second kappa shape index (κ2) is 8.10. The molecular weight excluding hydrogens is 392 g/mol. The minimum Gasteiger partial charge on any atom is -0.493 e. The van der Waals surface area contributed by atoms with Crippen molar-refractivity contribution in [3.05, 3.63) is 72.3 Å². The highest BCUT2D eigenvalue weighted by Gasteiger charge is 2.21. The first-order valence-electron chi connectivity index (χ1n) is 10.2. The van der Waals surface area contributed by atoms with Crippen LogP contribution in [0.3, 0.4) is 0 Å². The number of aromatic nitrogens is 3. The van der Waals surface area contributed by atoms with Gasteiger partial charge >= 0.3 is 5.97 Å². The minimum absolute atomic E-state index is 0.369. The first kappa shape index (κ1) is 19.1. The molecule has 31 heavy (non-hydrogen) atoms. The van der Waals surface area contributed by atoms with Crippen LogP contribution in [0.25, 0.3) is 16.9 Å². The van der Waals surface area contributed by atoms with E-state index >= 15 is 0 Å². The van der Waals surface area contributed by atoms with E-state index in [1.54, 1.807) is 24.3 Å². The average molecular weight is 414 g/mol. The molecule has 0 unspecified atom stereocenters. The van der Waals surface area contributed by atoms with Crippen LogP contribution in [-0.2, 0) is 4.74 Å². The molecule has 1 aliphatic carbocycles. The third-order valence-electron chi connectivity index (χ3n) is 5.25. The summed E-state index contributed by atoms with van der Waals surface area (Å²) in [4.78, 5) is 16.1. The molecule has 7 heteroatoms. The van der Waals surface area contributed by atoms with Crippen molar-refractivity contribution >= 4 is 23.3 Å². The van der Waals surface area contributed by atoms with Gasteiger partial charge in [-0.05, 0) is 79.4 Å². The van der Waals surface area contributed by atoms with Gasteiger partial charge in [-0.2, -0.15) is 4.98 Å². The van der Waals surface area contributed by atoms with Crippen molar-refractivity contribution in [3.8, 4) is 17.0 Å². The Bertz CT molecular complexity index is 1210. The van der Waals surface area contributed by atoms with Crippen LogP contribution < -0.4 is 10.1 Å². The molecule has 4 aromatic rings. The lowest BCUT2D eigenvalue weighted by atomic mass is 10.1. The third-order valence-corrected chi connectivity index (χ3v) is 5.25. The molecule has 1 saturated carbocycles. The van der Waals surface area contributed by atoms with Gasteiger partial charge < -0.3 is 14.8 Å². The number of pyridine rings is 1. The van der Waals surface area contributed by atoms with Crippen molar-refractivity contribution in [3.63, 3.8) is 0 Å². The molecule has 0 saturated heterocycles. The molecule has 7 nitrogen and oxygen atoms in total. The number of anilines is 2. The van der Waals surface area contributed by atoms with Gasteiger partial charge in [-0.25, -0.2) is 9.31 Å². The lowest BCUT2D eigenvalue weighted by Gasteiger charge is -2.07. The molecule has 2 aromatic heterocycles. The zero-order valence-corrected chi connectivity index (χ0v) is 17.1. The largest absolute Gasteiger partial charge is 0.493 e. The summed E-state index contributed by atoms with van der Waals surface area (Å²) < 4.78 is 12.4. The first-order chi connectivity index (χ1) is 15.2. The molecule has 0 radical (unpaired) electrons. The molecule has 0 aliphatic heterocycles. The van der Waals surface area contributed by atoms with Crippen molar-refractivity contribution in [1.29, 1.82) is 0 Å². The Morgan fingerprint density at radius 1 is 1.06 bits per heavy atom. The number of nitrogens with one attached hydrogen (secondary N) is 1. The fourth-order valence-electron chi connectivity index (χ4n) is 3.33. The molecular formula is C24H22N4O3. The fourth-order valence-corrected chi connectivity index (χ4v) is 3.33. The second-order valence-electron chi connectivity index (χ2n) is 7.59. The maximum atomic E-state index is 11.6. The zero-order chi connectivity index (χ0) is 21.2. The van der Waals surface area contributed by atoms with Crippen LogP contribution in [0.1, 0.15) is 23.2 Å². The Balaban J connectivity index is 1.36. The number of fused-ring (bicyclic) bond motifs is 1. The van der Waals surface area contributed by atoms with E-state index in [-0.39, 0.29) is 5.97 Å². The molecule has 1 fully saturated rings. The molecule has 1 N–H and O–H groups in total. The molecule has 0 bridgehead atoms. The Kier molecular flexibility index (Phi) is 5.00. The van der Waals surface area contributed by atoms with E-state index in [1.807, 2.05) is 47.0 Å². The normalized spacial score (nSPS) is 13.2. The third kappa shape index (κ3) is 4.21. The number of nitrogens with zero attached hydrogens (tertiary/aromatic N) is 3. The highest BCUT2D eigenvalue weighted by Crippen LogP contribution is 2.30. The van der Waals surface area contributed by atoms with E-state index in [0.29, 0.717) is 11.5 Å². The van der Waals surface area contributed by atoms with Crippen molar-refractivity contribution in [2.45, 2.75) is 12.8 Å². The number of hydrogen-bond donors (Lipinski definition) is 1. The lowest BCUT2D eigenvalue weighted by Crippen LogP contribution is -2.01. The summed E-state index contributed by atoms with van der Waals surface area (Å²) in [6.45, 7) is 0.799. The number of rotatable bonds is 7. The Labute approximate surface area is 179 Å². The highest BCUT2D eigenvalue weighted by molar-refractivity contribution is 5.89. The second-order valence-corrected chi connectivity index (χ2v) is 7.59. The number of ether oxygens (including phenoxy) is 2. The predicted molar refractivity (Wildman–Crippen MR) is 118 cm³/mol. The van der Waals surface area contributed by atoms with Gasteiger partial charge in [0.15, 0.2) is 5.65 Å². The van der Waals surface area contributed by atoms with Crippen molar-refractivity contribution in [2.75, 3.05) is 19.0 Å². The van der Waals surface area contributed by atoms with Crippen LogP contribution in [0.4, 0.5) is 11.6 Å². The number of benzene rings is 2. The Hall–Kier alpha value is -3.87. The quantitative estimate of drug-likeness (QED) is 0.441. The molecule has 0 amide bonds. The van der Waals surface area contributed by atoms with Gasteiger partial charge in [-0.1, -0.05) is 6.07 Å². The van der Waals surface area contributed by atoms with Crippen molar-refractivity contribution in [1.82, 2.24) is 14.6 Å². The standard InChI is InChI=1S/C24H22N4O3/c1-30-23(29)18-7-11-19(12-8-18)25-24-26-22-4-2-3-21(28(22)27-24)17-9-13-20(14-10-17)31-15-16-5-6-16/h2-4,7-14,16H,5-6,15H2,1H3,(H,25,27). The first-order valence-corrected chi connectivity index (χ1v) is 10.2. The predicted octanol–water partition coefficient (Wildman–Crippen LogP) is 4.72. The van der Waals surface area contributed by atoms with Crippen molar-refractivity contribution in [2.24, 2.45) is 5.92 Å². The number of hydrogen-bond acceptors (Lipinski definition) is 6. The van der Waals surface area contributed by atoms with Crippen LogP contribution in [0.5, 0.6) is 5.75 Å². The number of carbonyl (C=O) groups excluding carboxylic acids is 1. The maximum absolute atomic E-state index is 11.6. The average Bonchev–Trinajstić information content (AvgIpc) is 3.55. The van der Waals surface area contributed by atoms with Crippen LogP contribution in [-0.4, -0.2) is 34.3 Å². The van der Waals surface area contributed by atoms with E-state index in [1.165, 1.54) is 20.0 Å². The van der Waals surface area contributed by atoms with Gasteiger partial charge in [0, 0.05) is 11.3 Å². The highest BCUT2D eigenvalue weighted by atomic mass is 16.5. The summed E-state index contributed by atoms with van der Waals surface area (Å²) in [5, 5.41) is 7.80. The van der Waals surface area contributed by atoms with Gasteiger partial charge in [0.05, 0.1) is 25.0 Å². The maximum Gasteiger partial charge on any atom is 0.337 e. The van der Waals surface area contributed by atoms with Crippen LogP contribution in [0, 0.1) is 5.92 Å². The summed E-state index contributed by atoms with van der Waals surface area (Å²) in [7, 11) is 1.36. The summed E-state index contributed by atoms with van der Waals surface area (Å²) in [6, 6.07) is 20.9. The number of methoxy groups -OCH3 is 1. The van der Waals surface area contributed by atoms with Crippen molar-refractivity contribution < 1.29 is 14.3 Å². The smallest absolute Gasteiger partial charge is 0.337 e. The van der Waals surface area contributed by atoms with Crippen LogP contribution in [0.15, 0.2) is 66.7 Å². The molecule has 1 aliphatic rings. The molecule has 0 spiro atoms. The van der Waals surface area contributed by atoms with E-state index in [4.69, 9.17) is 9.47 Å². The van der Waals surface area contributed by atoms with Gasteiger partial charge in [-0.15, -0.1) is 5.10 Å².